The van der Waals surface area contributed by atoms with E-state index < -0.39 is 15.8 Å². The molecule has 0 aliphatic carbocycles. The summed E-state index contributed by atoms with van der Waals surface area (Å²) < 4.78 is 42.0. The van der Waals surface area contributed by atoms with E-state index in [2.05, 4.69) is 10.00 Å². The van der Waals surface area contributed by atoms with Gasteiger partial charge in [-0.05, 0) is 18.2 Å². The van der Waals surface area contributed by atoms with E-state index in [1.807, 2.05) is 16.9 Å². The minimum Gasteiger partial charge on any atom is -0.299 e. The first-order valence-electron chi connectivity index (χ1n) is 7.52. The van der Waals surface area contributed by atoms with Gasteiger partial charge in [-0.25, -0.2) is 12.8 Å². The first-order chi connectivity index (χ1) is 11.1. The maximum Gasteiger partial charge on any atom is 0.246 e. The van der Waals surface area contributed by atoms with Crippen molar-refractivity contribution in [2.45, 2.75) is 11.4 Å². The first kappa shape index (κ1) is 16.1. The molecule has 2 heterocycles. The zero-order valence-corrected chi connectivity index (χ0v) is 13.5. The Labute approximate surface area is 135 Å². The largest absolute Gasteiger partial charge is 0.299 e. The van der Waals surface area contributed by atoms with Crippen molar-refractivity contribution in [2.24, 2.45) is 0 Å². The quantitative estimate of drug-likeness (QED) is 0.817. The highest BCUT2D eigenvalue weighted by Gasteiger charge is 2.30. The van der Waals surface area contributed by atoms with Gasteiger partial charge in [0.15, 0.2) is 0 Å². The van der Waals surface area contributed by atoms with Crippen molar-refractivity contribution >= 4 is 10.0 Å². The molecular formula is C15H19FN4O2S. The van der Waals surface area contributed by atoms with E-state index in [-0.39, 0.29) is 4.90 Å². The van der Waals surface area contributed by atoms with Gasteiger partial charge in [-0.15, -0.1) is 0 Å². The molecule has 23 heavy (non-hydrogen) atoms. The fraction of sp³-hybridized carbons (Fsp3) is 0.400. The molecule has 1 aromatic heterocycles. The van der Waals surface area contributed by atoms with Gasteiger partial charge in [-0.1, -0.05) is 12.1 Å². The molecule has 0 saturated carbocycles. The number of sulfonamides is 1. The summed E-state index contributed by atoms with van der Waals surface area (Å²) in [5.41, 5.74) is 0. The summed E-state index contributed by atoms with van der Waals surface area (Å²) in [5, 5.41) is 4.15. The van der Waals surface area contributed by atoms with Gasteiger partial charge in [0.1, 0.15) is 10.7 Å². The van der Waals surface area contributed by atoms with Crippen LogP contribution in [0.5, 0.6) is 0 Å². The van der Waals surface area contributed by atoms with Crippen molar-refractivity contribution < 1.29 is 12.8 Å². The van der Waals surface area contributed by atoms with Gasteiger partial charge in [0.05, 0.1) is 6.54 Å². The molecule has 8 heteroatoms. The van der Waals surface area contributed by atoms with Gasteiger partial charge in [-0.2, -0.15) is 9.40 Å². The number of benzene rings is 1. The molecule has 1 fully saturated rings. The number of hydrogen-bond acceptors (Lipinski definition) is 4. The lowest BCUT2D eigenvalue weighted by atomic mass is 10.3. The van der Waals surface area contributed by atoms with Crippen LogP contribution in [-0.2, 0) is 16.6 Å². The highest BCUT2D eigenvalue weighted by molar-refractivity contribution is 7.89. The summed E-state index contributed by atoms with van der Waals surface area (Å²) in [5.74, 6) is -0.700. The van der Waals surface area contributed by atoms with Crippen molar-refractivity contribution in [3.8, 4) is 0 Å². The zero-order valence-electron chi connectivity index (χ0n) is 12.7. The van der Waals surface area contributed by atoms with Gasteiger partial charge in [0.25, 0.3) is 0 Å². The molecule has 0 bridgehead atoms. The van der Waals surface area contributed by atoms with Crippen LogP contribution in [0.15, 0.2) is 47.6 Å². The SMILES string of the molecule is O=S(=O)(c1ccccc1F)N1CCN(CCn2cccn2)CC1. The van der Waals surface area contributed by atoms with Crippen LogP contribution in [0.3, 0.4) is 0 Å². The van der Waals surface area contributed by atoms with E-state index in [1.165, 1.54) is 28.6 Å². The van der Waals surface area contributed by atoms with Crippen LogP contribution in [0.2, 0.25) is 0 Å². The maximum absolute atomic E-state index is 13.8. The molecule has 0 atom stereocenters. The van der Waals surface area contributed by atoms with Gasteiger partial charge in [0, 0.05) is 45.1 Å². The molecule has 0 spiro atoms. The minimum absolute atomic E-state index is 0.245. The Balaban J connectivity index is 1.59. The van der Waals surface area contributed by atoms with E-state index in [0.29, 0.717) is 26.2 Å². The Kier molecular flexibility index (Phi) is 4.74. The number of hydrogen-bond donors (Lipinski definition) is 0. The lowest BCUT2D eigenvalue weighted by Gasteiger charge is -2.33. The standard InChI is InChI=1S/C15H19FN4O2S/c16-14-4-1-2-5-15(14)23(21,22)20-12-9-18(10-13-20)8-11-19-7-3-6-17-19/h1-7H,8-13H2. The predicted octanol–water partition coefficient (Wildman–Crippen LogP) is 1.03. The molecule has 0 amide bonds. The van der Waals surface area contributed by atoms with E-state index in [9.17, 15) is 12.8 Å². The van der Waals surface area contributed by atoms with Crippen molar-refractivity contribution in [3.63, 3.8) is 0 Å². The molecule has 3 rings (SSSR count). The van der Waals surface area contributed by atoms with Gasteiger partial charge >= 0.3 is 0 Å². The highest BCUT2D eigenvalue weighted by atomic mass is 32.2. The molecule has 1 aliphatic rings. The Morgan fingerprint density at radius 3 is 2.43 bits per heavy atom. The molecule has 6 nitrogen and oxygen atoms in total. The minimum atomic E-state index is -3.76. The molecule has 0 radical (unpaired) electrons. The first-order valence-corrected chi connectivity index (χ1v) is 8.96. The van der Waals surface area contributed by atoms with Crippen LogP contribution < -0.4 is 0 Å². The molecule has 0 unspecified atom stereocenters. The summed E-state index contributed by atoms with van der Waals surface area (Å²) in [4.78, 5) is 1.94. The van der Waals surface area contributed by atoms with E-state index in [0.717, 1.165) is 13.1 Å². The molecular weight excluding hydrogens is 319 g/mol. The Bertz CT molecular complexity index is 741. The van der Waals surface area contributed by atoms with Gasteiger partial charge in [0.2, 0.25) is 10.0 Å². The summed E-state index contributed by atoms with van der Waals surface area (Å²) in [6.07, 6.45) is 3.64. The van der Waals surface area contributed by atoms with Crippen LogP contribution in [0, 0.1) is 5.82 Å². The van der Waals surface area contributed by atoms with Gasteiger partial charge < -0.3 is 0 Å². The number of nitrogens with zero attached hydrogens (tertiary/aromatic N) is 4. The Morgan fingerprint density at radius 2 is 1.78 bits per heavy atom. The van der Waals surface area contributed by atoms with Crippen molar-refractivity contribution in [3.05, 3.63) is 48.5 Å². The third kappa shape index (κ3) is 3.60. The van der Waals surface area contributed by atoms with Crippen molar-refractivity contribution in [1.82, 2.24) is 19.0 Å². The zero-order chi connectivity index (χ0) is 16.3. The molecule has 2 aromatic rings. The van der Waals surface area contributed by atoms with Crippen LogP contribution in [-0.4, -0.2) is 60.1 Å². The van der Waals surface area contributed by atoms with Crippen LogP contribution in [0.25, 0.3) is 0 Å². The topological polar surface area (TPSA) is 58.4 Å². The smallest absolute Gasteiger partial charge is 0.246 e. The summed E-state index contributed by atoms with van der Waals surface area (Å²) >= 11 is 0. The third-order valence-electron chi connectivity index (χ3n) is 3.99. The molecule has 0 N–H and O–H groups in total. The Morgan fingerprint density at radius 1 is 1.04 bits per heavy atom. The number of piperazine rings is 1. The molecule has 124 valence electrons. The lowest BCUT2D eigenvalue weighted by molar-refractivity contribution is 0.181. The monoisotopic (exact) mass is 338 g/mol. The summed E-state index contributed by atoms with van der Waals surface area (Å²) in [6, 6.07) is 7.39. The fourth-order valence-corrected chi connectivity index (χ4v) is 4.15. The van der Waals surface area contributed by atoms with E-state index >= 15 is 0 Å². The number of aromatic nitrogens is 2. The van der Waals surface area contributed by atoms with Crippen LogP contribution >= 0.6 is 0 Å². The maximum atomic E-state index is 13.8. The second-order valence-corrected chi connectivity index (χ2v) is 7.35. The van der Waals surface area contributed by atoms with Crippen LogP contribution in [0.1, 0.15) is 0 Å². The molecule has 1 aliphatic heterocycles. The summed E-state index contributed by atoms with van der Waals surface area (Å²) in [7, 11) is -3.76. The second kappa shape index (κ2) is 6.77. The average Bonchev–Trinajstić information content (AvgIpc) is 3.07. The van der Waals surface area contributed by atoms with E-state index in [1.54, 1.807) is 6.20 Å². The number of rotatable bonds is 5. The van der Waals surface area contributed by atoms with E-state index in [4.69, 9.17) is 0 Å². The average molecular weight is 338 g/mol. The number of halogens is 1. The summed E-state index contributed by atoms with van der Waals surface area (Å²) in [6.45, 7) is 3.60. The highest BCUT2D eigenvalue weighted by Crippen LogP contribution is 2.20. The van der Waals surface area contributed by atoms with Crippen molar-refractivity contribution in [2.75, 3.05) is 32.7 Å². The normalized spacial score (nSPS) is 17.4. The Hall–Kier alpha value is -1.77. The van der Waals surface area contributed by atoms with Gasteiger partial charge in [-0.3, -0.25) is 9.58 Å². The second-order valence-electron chi connectivity index (χ2n) is 5.45. The predicted molar refractivity (Wildman–Crippen MR) is 83.8 cm³/mol. The molecule has 1 aromatic carbocycles. The third-order valence-corrected chi connectivity index (χ3v) is 5.92. The lowest BCUT2D eigenvalue weighted by Crippen LogP contribution is -2.49. The van der Waals surface area contributed by atoms with Crippen molar-refractivity contribution in [1.29, 1.82) is 0 Å². The fourth-order valence-electron chi connectivity index (χ4n) is 2.66. The van der Waals surface area contributed by atoms with Crippen LogP contribution in [0.4, 0.5) is 4.39 Å². The molecule has 1 saturated heterocycles.